The highest BCUT2D eigenvalue weighted by atomic mass is 16.8. The second-order valence-electron chi connectivity index (χ2n) is 7.16. The smallest absolute Gasteiger partial charge is 0.244 e. The maximum absolute atomic E-state index is 11.2. The van der Waals surface area contributed by atoms with E-state index in [1.165, 1.54) is 17.7 Å². The molecule has 3 aromatic rings. The van der Waals surface area contributed by atoms with Gasteiger partial charge in [-0.15, -0.1) is 0 Å². The van der Waals surface area contributed by atoms with Gasteiger partial charge in [0, 0.05) is 30.8 Å². The average Bonchev–Trinajstić information content (AvgIpc) is 3.30. The Labute approximate surface area is 162 Å². The zero-order valence-electron chi connectivity index (χ0n) is 15.4. The van der Waals surface area contributed by atoms with Crippen LogP contribution in [-0.4, -0.2) is 38.0 Å². The topological polar surface area (TPSA) is 110 Å². The molecule has 8 heteroatoms. The molecule has 4 rings (SSSR count). The third-order valence-corrected chi connectivity index (χ3v) is 4.98. The molecule has 2 heterocycles. The minimum atomic E-state index is -1.01. The molecule has 0 bridgehead atoms. The van der Waals surface area contributed by atoms with Crippen LogP contribution in [0.25, 0.3) is 11.4 Å². The van der Waals surface area contributed by atoms with E-state index in [0.717, 1.165) is 5.56 Å². The van der Waals surface area contributed by atoms with E-state index in [-0.39, 0.29) is 11.7 Å². The average molecular weight is 382 g/mol. The standard InChI is InChI=1S/C20H22N4O4/c1-13-5-7-14(8-6-13)11-23-12-17(25)10-18(23)20-21-19(22-28-20)15-3-2-4-16(9-15)24(26)27/h2-9,17-18,24-26H,10-12H2,1H3. The minimum absolute atomic E-state index is 0.168. The summed E-state index contributed by atoms with van der Waals surface area (Å²) in [6.07, 6.45) is 0.0592. The molecule has 1 fully saturated rings. The van der Waals surface area contributed by atoms with Crippen molar-refractivity contribution in [2.24, 2.45) is 0 Å². The molecule has 28 heavy (non-hydrogen) atoms. The summed E-state index contributed by atoms with van der Waals surface area (Å²) < 4.78 is 5.48. The number of benzene rings is 2. The van der Waals surface area contributed by atoms with Crippen molar-refractivity contribution in [2.45, 2.75) is 32.0 Å². The second kappa shape index (κ2) is 7.78. The van der Waals surface area contributed by atoms with Crippen molar-refractivity contribution in [3.05, 3.63) is 70.8 Å². The van der Waals surface area contributed by atoms with Crippen molar-refractivity contribution < 1.29 is 20.1 Å². The van der Waals surface area contributed by atoms with E-state index in [0.29, 0.717) is 36.8 Å². The van der Waals surface area contributed by atoms with Crippen LogP contribution < -0.4 is 5.23 Å². The Bertz CT molecular complexity index is 941. The van der Waals surface area contributed by atoms with Crippen LogP contribution in [0, 0.1) is 12.1 Å². The van der Waals surface area contributed by atoms with Gasteiger partial charge in [0.2, 0.25) is 11.7 Å². The molecular formula is C20H22N4O4. The Morgan fingerprint density at radius 3 is 2.79 bits per heavy atom. The predicted octanol–water partition coefficient (Wildman–Crippen LogP) is 1.76. The number of nitrogens with zero attached hydrogens (tertiary/aromatic N) is 3. The van der Waals surface area contributed by atoms with E-state index in [1.807, 2.05) is 6.92 Å². The van der Waals surface area contributed by atoms with Gasteiger partial charge < -0.3 is 14.8 Å². The molecule has 3 atom stereocenters. The number of hydrogen-bond acceptors (Lipinski definition) is 7. The van der Waals surface area contributed by atoms with Crippen molar-refractivity contribution in [1.82, 2.24) is 15.0 Å². The molecule has 0 saturated carbocycles. The first-order valence-corrected chi connectivity index (χ1v) is 9.14. The van der Waals surface area contributed by atoms with Crippen molar-refractivity contribution in [3.63, 3.8) is 0 Å². The number of β-amino-alcohol motifs (C(OH)–C–C–N with tert-alkyl or cyclic N) is 1. The molecule has 3 N–H and O–H groups in total. The van der Waals surface area contributed by atoms with E-state index >= 15 is 0 Å². The first kappa shape index (κ1) is 18.7. The van der Waals surface area contributed by atoms with Gasteiger partial charge in [-0.05, 0) is 18.9 Å². The lowest BCUT2D eigenvalue weighted by molar-refractivity contribution is -0.991. The van der Waals surface area contributed by atoms with Gasteiger partial charge in [-0.1, -0.05) is 47.1 Å². The van der Waals surface area contributed by atoms with E-state index in [1.54, 1.807) is 12.1 Å². The number of likely N-dealkylation sites (tertiary alicyclic amines) is 1. The summed E-state index contributed by atoms with van der Waals surface area (Å²) in [7, 11) is 0. The Balaban J connectivity index is 1.56. The first-order valence-electron chi connectivity index (χ1n) is 9.14. The molecule has 1 aliphatic rings. The van der Waals surface area contributed by atoms with E-state index in [4.69, 9.17) is 9.73 Å². The van der Waals surface area contributed by atoms with E-state index < -0.39 is 11.3 Å². The molecule has 146 valence electrons. The molecule has 0 amide bonds. The number of aliphatic hydroxyl groups excluding tert-OH is 1. The molecule has 0 aliphatic carbocycles. The van der Waals surface area contributed by atoms with Crippen LogP contribution in [0.3, 0.4) is 0 Å². The Hall–Kier alpha value is -2.62. The van der Waals surface area contributed by atoms with E-state index in [2.05, 4.69) is 39.3 Å². The number of quaternary nitrogens is 1. The zero-order chi connectivity index (χ0) is 19.7. The monoisotopic (exact) mass is 382 g/mol. The van der Waals surface area contributed by atoms with E-state index in [9.17, 15) is 10.3 Å². The van der Waals surface area contributed by atoms with Crippen LogP contribution in [-0.2, 0) is 6.54 Å². The van der Waals surface area contributed by atoms with Gasteiger partial charge in [0.15, 0.2) is 5.69 Å². The number of aryl methyl sites for hydroxylation is 1. The molecule has 2 aromatic carbocycles. The summed E-state index contributed by atoms with van der Waals surface area (Å²) in [4.78, 5) is 6.61. The van der Waals surface area contributed by atoms with Gasteiger partial charge in [0.25, 0.3) is 0 Å². The normalized spacial score (nSPS) is 21.1. The molecule has 8 nitrogen and oxygen atoms in total. The largest absolute Gasteiger partial charge is 0.595 e. The number of aliphatic hydroxyl groups is 1. The van der Waals surface area contributed by atoms with Gasteiger partial charge in [0.05, 0.1) is 12.1 Å². The lowest BCUT2D eigenvalue weighted by Gasteiger charge is -2.21. The van der Waals surface area contributed by atoms with Gasteiger partial charge in [-0.25, -0.2) is 5.21 Å². The van der Waals surface area contributed by atoms with Crippen LogP contribution in [0.5, 0.6) is 0 Å². The summed E-state index contributed by atoms with van der Waals surface area (Å²) >= 11 is 0. The quantitative estimate of drug-likeness (QED) is 0.577. The van der Waals surface area contributed by atoms with Gasteiger partial charge >= 0.3 is 0 Å². The Morgan fingerprint density at radius 2 is 2.04 bits per heavy atom. The fourth-order valence-electron chi connectivity index (χ4n) is 3.52. The first-order chi connectivity index (χ1) is 13.5. The summed E-state index contributed by atoms with van der Waals surface area (Å²) in [5, 5.41) is 33.5. The highest BCUT2D eigenvalue weighted by molar-refractivity contribution is 5.58. The van der Waals surface area contributed by atoms with Crippen LogP contribution in [0.1, 0.15) is 29.5 Å². The highest BCUT2D eigenvalue weighted by Gasteiger charge is 2.36. The van der Waals surface area contributed by atoms with Crippen molar-refractivity contribution in [3.8, 4) is 11.4 Å². The van der Waals surface area contributed by atoms with Crippen molar-refractivity contribution >= 4 is 5.69 Å². The summed E-state index contributed by atoms with van der Waals surface area (Å²) in [5.41, 5.74) is 3.10. The number of hydrogen-bond donors (Lipinski definition) is 3. The molecule has 0 radical (unpaired) electrons. The van der Waals surface area contributed by atoms with Crippen LogP contribution in [0.15, 0.2) is 53.1 Å². The highest BCUT2D eigenvalue weighted by Crippen LogP contribution is 2.33. The van der Waals surface area contributed by atoms with Crippen molar-refractivity contribution in [2.75, 3.05) is 6.54 Å². The van der Waals surface area contributed by atoms with Gasteiger partial charge in [-0.3, -0.25) is 4.90 Å². The van der Waals surface area contributed by atoms with Crippen LogP contribution in [0.4, 0.5) is 5.69 Å². The third kappa shape index (κ3) is 3.96. The van der Waals surface area contributed by atoms with Crippen LogP contribution >= 0.6 is 0 Å². The molecule has 3 unspecified atom stereocenters. The summed E-state index contributed by atoms with van der Waals surface area (Å²) in [6.45, 7) is 3.25. The molecule has 1 aromatic heterocycles. The van der Waals surface area contributed by atoms with Crippen molar-refractivity contribution in [1.29, 1.82) is 0 Å². The Morgan fingerprint density at radius 1 is 1.25 bits per heavy atom. The lowest BCUT2D eigenvalue weighted by atomic mass is 10.1. The maximum atomic E-state index is 11.2. The maximum Gasteiger partial charge on any atom is 0.244 e. The van der Waals surface area contributed by atoms with Gasteiger partial charge in [-0.2, -0.15) is 10.2 Å². The SMILES string of the molecule is Cc1ccc(CN2CC(O)CC2c2nc(-c3cccc([NH+]([O-])O)c3)no2)cc1. The van der Waals surface area contributed by atoms with Crippen LogP contribution in [0.2, 0.25) is 0 Å². The van der Waals surface area contributed by atoms with Gasteiger partial charge in [0.1, 0.15) is 0 Å². The summed E-state index contributed by atoms with van der Waals surface area (Å²) in [6, 6.07) is 14.5. The molecule has 0 spiro atoms. The molecule has 1 aliphatic heterocycles. The second-order valence-corrected chi connectivity index (χ2v) is 7.16. The lowest BCUT2D eigenvalue weighted by Crippen LogP contribution is -2.99. The number of aromatic nitrogens is 2. The number of nitrogens with one attached hydrogen (secondary N) is 1. The fraction of sp³-hybridized carbons (Fsp3) is 0.300. The zero-order valence-corrected chi connectivity index (χ0v) is 15.4. The third-order valence-electron chi connectivity index (χ3n) is 4.98. The Kier molecular flexibility index (Phi) is 5.21. The predicted molar refractivity (Wildman–Crippen MR) is 100 cm³/mol. The minimum Gasteiger partial charge on any atom is -0.595 e. The number of rotatable bonds is 5. The molecular weight excluding hydrogens is 360 g/mol. The fourth-order valence-corrected chi connectivity index (χ4v) is 3.52. The summed E-state index contributed by atoms with van der Waals surface area (Å²) in [5.74, 6) is 0.772. The molecule has 1 saturated heterocycles.